The van der Waals surface area contributed by atoms with Crippen molar-refractivity contribution in [3.63, 3.8) is 0 Å². The number of hydrogen-bond donors (Lipinski definition) is 1. The molecular weight excluding hydrogens is 190 g/mol. The Morgan fingerprint density at radius 2 is 2.40 bits per heavy atom. The zero-order chi connectivity index (χ0) is 10.7. The number of rotatable bonds is 4. The van der Waals surface area contributed by atoms with Gasteiger partial charge in [-0.25, -0.2) is 0 Å². The van der Waals surface area contributed by atoms with Crippen LogP contribution in [0.15, 0.2) is 29.0 Å². The molecule has 80 valence electrons. The number of aromatic nitrogens is 2. The van der Waals surface area contributed by atoms with Gasteiger partial charge in [0.15, 0.2) is 5.76 Å². The van der Waals surface area contributed by atoms with Crippen molar-refractivity contribution in [3.8, 4) is 0 Å². The van der Waals surface area contributed by atoms with Crippen molar-refractivity contribution in [2.75, 3.05) is 7.05 Å². The van der Waals surface area contributed by atoms with Crippen molar-refractivity contribution in [2.45, 2.75) is 20.0 Å². The molecule has 0 amide bonds. The van der Waals surface area contributed by atoms with Gasteiger partial charge in [-0.1, -0.05) is 5.16 Å². The molecule has 0 aliphatic carbocycles. The fourth-order valence-electron chi connectivity index (χ4n) is 1.57. The summed E-state index contributed by atoms with van der Waals surface area (Å²) in [5, 5.41) is 6.97. The first kappa shape index (κ1) is 9.98. The molecule has 0 bridgehead atoms. The molecule has 0 saturated heterocycles. The van der Waals surface area contributed by atoms with E-state index in [0.717, 1.165) is 24.5 Å². The van der Waals surface area contributed by atoms with Gasteiger partial charge in [-0.2, -0.15) is 0 Å². The van der Waals surface area contributed by atoms with Gasteiger partial charge in [-0.15, -0.1) is 0 Å². The van der Waals surface area contributed by atoms with E-state index in [1.165, 1.54) is 5.56 Å². The summed E-state index contributed by atoms with van der Waals surface area (Å²) in [7, 11) is 1.94. The quantitative estimate of drug-likeness (QED) is 0.823. The number of aryl methyl sites for hydroxylation is 1. The highest BCUT2D eigenvalue weighted by molar-refractivity contribution is 5.12. The topological polar surface area (TPSA) is 43.0 Å². The van der Waals surface area contributed by atoms with Crippen molar-refractivity contribution in [1.82, 2.24) is 15.0 Å². The molecular formula is C11H15N3O. The summed E-state index contributed by atoms with van der Waals surface area (Å²) in [4.78, 5) is 0. The van der Waals surface area contributed by atoms with Gasteiger partial charge < -0.3 is 14.4 Å². The number of hydrogen-bond acceptors (Lipinski definition) is 3. The maximum absolute atomic E-state index is 5.15. The Morgan fingerprint density at radius 3 is 3.07 bits per heavy atom. The largest absolute Gasteiger partial charge is 0.359 e. The average molecular weight is 205 g/mol. The zero-order valence-corrected chi connectivity index (χ0v) is 9.03. The van der Waals surface area contributed by atoms with Crippen LogP contribution in [0.4, 0.5) is 0 Å². The van der Waals surface area contributed by atoms with Crippen molar-refractivity contribution in [3.05, 3.63) is 41.5 Å². The molecule has 0 radical (unpaired) electrons. The first-order chi connectivity index (χ1) is 7.28. The predicted molar refractivity (Wildman–Crippen MR) is 57.5 cm³/mol. The van der Waals surface area contributed by atoms with Gasteiger partial charge in [0.1, 0.15) is 0 Å². The first-order valence-corrected chi connectivity index (χ1v) is 4.99. The average Bonchev–Trinajstić information content (AvgIpc) is 2.78. The summed E-state index contributed by atoms with van der Waals surface area (Å²) in [6, 6.07) is 4.05. The second-order valence-electron chi connectivity index (χ2n) is 3.66. The van der Waals surface area contributed by atoms with Gasteiger partial charge in [0.05, 0.1) is 12.2 Å². The third-order valence-corrected chi connectivity index (χ3v) is 2.21. The van der Waals surface area contributed by atoms with E-state index in [4.69, 9.17) is 4.52 Å². The minimum Gasteiger partial charge on any atom is -0.359 e. The first-order valence-electron chi connectivity index (χ1n) is 4.99. The van der Waals surface area contributed by atoms with Gasteiger partial charge >= 0.3 is 0 Å². The predicted octanol–water partition coefficient (Wildman–Crippen LogP) is 1.55. The van der Waals surface area contributed by atoms with Crippen LogP contribution in [0.2, 0.25) is 0 Å². The third-order valence-electron chi connectivity index (χ3n) is 2.21. The van der Waals surface area contributed by atoms with Gasteiger partial charge in [-0.05, 0) is 25.6 Å². The van der Waals surface area contributed by atoms with Crippen LogP contribution in [0.5, 0.6) is 0 Å². The monoisotopic (exact) mass is 205 g/mol. The molecule has 2 heterocycles. The van der Waals surface area contributed by atoms with Gasteiger partial charge in [0, 0.05) is 25.0 Å². The Morgan fingerprint density at radius 1 is 1.53 bits per heavy atom. The molecule has 15 heavy (non-hydrogen) atoms. The third kappa shape index (κ3) is 2.47. The lowest BCUT2D eigenvalue weighted by molar-refractivity contribution is 0.373. The highest BCUT2D eigenvalue weighted by Gasteiger charge is 2.02. The normalized spacial score (nSPS) is 10.8. The number of nitrogens with zero attached hydrogens (tertiary/aromatic N) is 2. The lowest BCUT2D eigenvalue weighted by Crippen LogP contribution is -2.04. The van der Waals surface area contributed by atoms with Gasteiger partial charge in [0.25, 0.3) is 0 Å². The summed E-state index contributed by atoms with van der Waals surface area (Å²) in [5.74, 6) is 0.888. The van der Waals surface area contributed by atoms with Crippen LogP contribution in [0.25, 0.3) is 0 Å². The highest BCUT2D eigenvalue weighted by Crippen LogP contribution is 2.07. The van der Waals surface area contributed by atoms with Crippen molar-refractivity contribution < 1.29 is 4.52 Å². The molecule has 0 aromatic carbocycles. The lowest BCUT2D eigenvalue weighted by atomic mass is 10.3. The van der Waals surface area contributed by atoms with E-state index in [-0.39, 0.29) is 0 Å². The summed E-state index contributed by atoms with van der Waals surface area (Å²) in [6.45, 7) is 3.56. The minimum atomic E-state index is 0.741. The fourth-order valence-corrected chi connectivity index (χ4v) is 1.57. The van der Waals surface area contributed by atoms with Crippen LogP contribution >= 0.6 is 0 Å². The molecule has 0 aliphatic heterocycles. The molecule has 4 heteroatoms. The smallest absolute Gasteiger partial charge is 0.156 e. The van der Waals surface area contributed by atoms with Crippen molar-refractivity contribution in [2.24, 2.45) is 0 Å². The maximum atomic E-state index is 5.15. The Labute approximate surface area is 88.9 Å². The standard InChI is InChI=1S/C11H15N3O/c1-9-5-11(15-13-9)8-14-4-3-10(7-14)6-12-2/h3-5,7,12H,6,8H2,1-2H3. The van der Waals surface area contributed by atoms with E-state index in [1.54, 1.807) is 0 Å². The zero-order valence-electron chi connectivity index (χ0n) is 9.03. The number of nitrogens with one attached hydrogen (secondary N) is 1. The molecule has 2 aromatic heterocycles. The van der Waals surface area contributed by atoms with E-state index < -0.39 is 0 Å². The van der Waals surface area contributed by atoms with Crippen LogP contribution < -0.4 is 5.32 Å². The highest BCUT2D eigenvalue weighted by atomic mass is 16.5. The molecule has 1 N–H and O–H groups in total. The lowest BCUT2D eigenvalue weighted by Gasteiger charge is -1.97. The molecule has 2 aromatic rings. The van der Waals surface area contributed by atoms with Crippen LogP contribution in [-0.4, -0.2) is 16.8 Å². The van der Waals surface area contributed by atoms with E-state index in [2.05, 4.69) is 27.3 Å². The fraction of sp³-hybridized carbons (Fsp3) is 0.364. The second kappa shape index (κ2) is 4.31. The molecule has 0 aliphatic rings. The Bertz CT molecular complexity index is 430. The Hall–Kier alpha value is -1.55. The SMILES string of the molecule is CNCc1ccn(Cc2cc(C)no2)c1. The molecule has 0 saturated carbocycles. The molecule has 0 unspecified atom stereocenters. The minimum absolute atomic E-state index is 0.741. The summed E-state index contributed by atoms with van der Waals surface area (Å²) in [6.07, 6.45) is 4.15. The molecule has 2 rings (SSSR count). The van der Waals surface area contributed by atoms with Crippen LogP contribution in [-0.2, 0) is 13.1 Å². The Kier molecular flexibility index (Phi) is 2.87. The van der Waals surface area contributed by atoms with Crippen LogP contribution in [0, 0.1) is 6.92 Å². The second-order valence-corrected chi connectivity index (χ2v) is 3.66. The molecule has 0 fully saturated rings. The van der Waals surface area contributed by atoms with Crippen LogP contribution in [0.1, 0.15) is 17.0 Å². The summed E-state index contributed by atoms with van der Waals surface area (Å²) < 4.78 is 7.24. The Balaban J connectivity index is 2.04. The maximum Gasteiger partial charge on any atom is 0.156 e. The van der Waals surface area contributed by atoms with E-state index in [1.807, 2.05) is 26.2 Å². The van der Waals surface area contributed by atoms with Crippen molar-refractivity contribution >= 4 is 0 Å². The molecule has 0 atom stereocenters. The molecule has 0 spiro atoms. The molecule has 4 nitrogen and oxygen atoms in total. The summed E-state index contributed by atoms with van der Waals surface area (Å²) in [5.41, 5.74) is 2.20. The van der Waals surface area contributed by atoms with Crippen molar-refractivity contribution in [1.29, 1.82) is 0 Å². The van der Waals surface area contributed by atoms with E-state index in [0.29, 0.717) is 0 Å². The van der Waals surface area contributed by atoms with E-state index in [9.17, 15) is 0 Å². The summed E-state index contributed by atoms with van der Waals surface area (Å²) >= 11 is 0. The van der Waals surface area contributed by atoms with E-state index >= 15 is 0 Å². The van der Waals surface area contributed by atoms with Gasteiger partial charge in [-0.3, -0.25) is 0 Å². The van der Waals surface area contributed by atoms with Crippen LogP contribution in [0.3, 0.4) is 0 Å². The van der Waals surface area contributed by atoms with Gasteiger partial charge in [0.2, 0.25) is 0 Å².